The highest BCUT2D eigenvalue weighted by Gasteiger charge is 2.23. The molecule has 0 fully saturated rings. The topological polar surface area (TPSA) is 189 Å². The van der Waals surface area contributed by atoms with Gasteiger partial charge in [-0.15, -0.1) is 10.2 Å². The van der Waals surface area contributed by atoms with Crippen molar-refractivity contribution in [2.45, 2.75) is 21.6 Å². The number of nitrogens with zero attached hydrogens (tertiary/aromatic N) is 2. The summed E-state index contributed by atoms with van der Waals surface area (Å²) in [6, 6.07) is 23.5. The van der Waals surface area contributed by atoms with E-state index < -0.39 is 36.5 Å². The van der Waals surface area contributed by atoms with Gasteiger partial charge in [0.05, 0.1) is 20.9 Å². The van der Waals surface area contributed by atoms with Crippen LogP contribution in [0.25, 0.3) is 10.8 Å². The van der Waals surface area contributed by atoms with E-state index in [1.165, 1.54) is 42.5 Å². The lowest BCUT2D eigenvalue weighted by molar-refractivity contribution is 0.102. The first kappa shape index (κ1) is 29.4. The van der Waals surface area contributed by atoms with E-state index in [0.717, 1.165) is 17.7 Å². The standard InChI is InChI=1S/C30H24N4O7S2/c1-18-7-11-22(12-8-18)42(37,38)27-16-21(32-30(36)19-5-3-2-4-6-19)10-14-25(27)33-34-29-24(31)13-9-20-15-23(43(39,40)41)17-26(35)28(20)29/h2-17,35H,31H2,1H3,(H,32,36)(H,39,40,41). The number of benzene rings is 5. The van der Waals surface area contributed by atoms with Gasteiger partial charge in [0.15, 0.2) is 0 Å². The molecule has 0 aliphatic carbocycles. The lowest BCUT2D eigenvalue weighted by atomic mass is 10.1. The summed E-state index contributed by atoms with van der Waals surface area (Å²) in [5.41, 5.74) is 7.43. The zero-order chi connectivity index (χ0) is 30.9. The van der Waals surface area contributed by atoms with Crippen LogP contribution in [-0.4, -0.2) is 32.4 Å². The summed E-state index contributed by atoms with van der Waals surface area (Å²) < 4.78 is 60.3. The molecule has 5 N–H and O–H groups in total. The minimum atomic E-state index is -4.62. The SMILES string of the molecule is Cc1ccc(S(=O)(=O)c2cc(NC(=O)c3ccccc3)ccc2N=Nc2c(N)ccc3cc(S(=O)(=O)O)cc(O)c23)cc1. The monoisotopic (exact) mass is 616 g/mol. The molecule has 5 aromatic carbocycles. The number of carbonyl (C=O) groups is 1. The first-order valence-electron chi connectivity index (χ1n) is 12.6. The fourth-order valence-electron chi connectivity index (χ4n) is 4.30. The molecule has 0 bridgehead atoms. The Morgan fingerprint density at radius 2 is 1.51 bits per heavy atom. The van der Waals surface area contributed by atoms with Crippen LogP contribution in [0, 0.1) is 6.92 Å². The number of aryl methyl sites for hydroxylation is 1. The summed E-state index contributed by atoms with van der Waals surface area (Å²) >= 11 is 0. The number of fused-ring (bicyclic) bond motifs is 1. The Kier molecular flexibility index (Phi) is 7.71. The Balaban J connectivity index is 1.63. The predicted molar refractivity (Wildman–Crippen MR) is 161 cm³/mol. The molecule has 218 valence electrons. The first-order chi connectivity index (χ1) is 20.3. The number of sulfone groups is 1. The van der Waals surface area contributed by atoms with Crippen molar-refractivity contribution >= 4 is 59.4 Å². The normalized spacial score (nSPS) is 12.0. The molecule has 0 atom stereocenters. The van der Waals surface area contributed by atoms with Crippen molar-refractivity contribution in [2.24, 2.45) is 10.2 Å². The van der Waals surface area contributed by atoms with Gasteiger partial charge in [-0.05, 0) is 66.9 Å². The highest BCUT2D eigenvalue weighted by molar-refractivity contribution is 7.91. The third kappa shape index (κ3) is 6.09. The molecule has 1 amide bonds. The zero-order valence-corrected chi connectivity index (χ0v) is 24.1. The molecule has 11 nitrogen and oxygen atoms in total. The number of aromatic hydroxyl groups is 1. The number of phenols is 1. The Morgan fingerprint density at radius 1 is 0.814 bits per heavy atom. The summed E-state index contributed by atoms with van der Waals surface area (Å²) in [7, 11) is -8.80. The second kappa shape index (κ2) is 11.3. The largest absolute Gasteiger partial charge is 0.507 e. The average molecular weight is 617 g/mol. The number of nitrogens with one attached hydrogen (secondary N) is 1. The van der Waals surface area contributed by atoms with E-state index in [-0.39, 0.29) is 43.3 Å². The molecule has 0 saturated heterocycles. The number of nitrogens with two attached hydrogens (primary N) is 1. The van der Waals surface area contributed by atoms with Gasteiger partial charge in [-0.2, -0.15) is 8.42 Å². The van der Waals surface area contributed by atoms with E-state index in [0.29, 0.717) is 5.56 Å². The minimum absolute atomic E-state index is 0.0128. The van der Waals surface area contributed by atoms with Gasteiger partial charge in [-0.1, -0.05) is 42.0 Å². The molecular formula is C30H24N4O7S2. The molecule has 13 heteroatoms. The molecule has 0 radical (unpaired) electrons. The van der Waals surface area contributed by atoms with E-state index in [4.69, 9.17) is 5.73 Å². The Labute approximate surface area is 247 Å². The maximum atomic E-state index is 13.8. The van der Waals surface area contributed by atoms with Gasteiger partial charge in [0.2, 0.25) is 9.84 Å². The van der Waals surface area contributed by atoms with Crippen LogP contribution in [0.15, 0.2) is 122 Å². The first-order valence-corrected chi connectivity index (χ1v) is 15.5. The van der Waals surface area contributed by atoms with Gasteiger partial charge in [0.25, 0.3) is 16.0 Å². The molecule has 0 aliphatic rings. The van der Waals surface area contributed by atoms with Gasteiger partial charge in [-0.25, -0.2) is 8.42 Å². The number of hydrogen-bond donors (Lipinski definition) is 4. The maximum Gasteiger partial charge on any atom is 0.294 e. The second-order valence-electron chi connectivity index (χ2n) is 9.54. The lowest BCUT2D eigenvalue weighted by Gasteiger charge is -2.12. The van der Waals surface area contributed by atoms with Crippen LogP contribution in [0.3, 0.4) is 0 Å². The predicted octanol–water partition coefficient (Wildman–Crippen LogP) is 6.18. The van der Waals surface area contributed by atoms with Crippen LogP contribution in [0.1, 0.15) is 15.9 Å². The van der Waals surface area contributed by atoms with Gasteiger partial charge >= 0.3 is 0 Å². The number of hydrogen-bond acceptors (Lipinski definition) is 9. The van der Waals surface area contributed by atoms with Gasteiger partial charge in [-0.3, -0.25) is 9.35 Å². The molecule has 0 aliphatic heterocycles. The molecule has 0 heterocycles. The highest BCUT2D eigenvalue weighted by Crippen LogP contribution is 2.41. The van der Waals surface area contributed by atoms with E-state index in [2.05, 4.69) is 15.5 Å². The lowest BCUT2D eigenvalue weighted by Crippen LogP contribution is -2.12. The molecular weight excluding hydrogens is 592 g/mol. The number of carbonyl (C=O) groups excluding carboxylic acids is 1. The number of amides is 1. The van der Waals surface area contributed by atoms with E-state index in [1.54, 1.807) is 42.5 Å². The van der Waals surface area contributed by atoms with Crippen molar-refractivity contribution in [1.29, 1.82) is 0 Å². The number of anilines is 2. The summed E-state index contributed by atoms with van der Waals surface area (Å²) in [5.74, 6) is -0.991. The summed E-state index contributed by atoms with van der Waals surface area (Å²) in [6.45, 7) is 1.82. The quantitative estimate of drug-likeness (QED) is 0.0946. The van der Waals surface area contributed by atoms with Crippen molar-refractivity contribution in [3.8, 4) is 5.75 Å². The van der Waals surface area contributed by atoms with Crippen LogP contribution in [0.5, 0.6) is 5.75 Å². The summed E-state index contributed by atoms with van der Waals surface area (Å²) in [6.07, 6.45) is 0. The third-order valence-corrected chi connectivity index (χ3v) is 9.13. The molecule has 0 spiro atoms. The van der Waals surface area contributed by atoms with E-state index in [1.807, 2.05) is 6.92 Å². The fourth-order valence-corrected chi connectivity index (χ4v) is 6.25. The molecule has 0 saturated carbocycles. The zero-order valence-electron chi connectivity index (χ0n) is 22.5. The van der Waals surface area contributed by atoms with E-state index >= 15 is 0 Å². The maximum absolute atomic E-state index is 13.8. The van der Waals surface area contributed by atoms with Gasteiger partial charge in [0, 0.05) is 17.3 Å². The molecule has 0 aromatic heterocycles. The van der Waals surface area contributed by atoms with Crippen molar-refractivity contribution in [3.63, 3.8) is 0 Å². The van der Waals surface area contributed by atoms with Crippen LogP contribution in [0.2, 0.25) is 0 Å². The number of rotatable bonds is 7. The summed E-state index contributed by atoms with van der Waals surface area (Å²) in [5, 5.41) is 21.8. The third-order valence-electron chi connectivity index (χ3n) is 6.50. The number of azo groups is 1. The van der Waals surface area contributed by atoms with Crippen LogP contribution < -0.4 is 11.1 Å². The molecule has 43 heavy (non-hydrogen) atoms. The Bertz CT molecular complexity index is 2130. The van der Waals surface area contributed by atoms with Crippen molar-refractivity contribution in [2.75, 3.05) is 11.1 Å². The highest BCUT2D eigenvalue weighted by atomic mass is 32.2. The van der Waals surface area contributed by atoms with Crippen molar-refractivity contribution in [1.82, 2.24) is 0 Å². The Morgan fingerprint density at radius 3 is 2.19 bits per heavy atom. The second-order valence-corrected chi connectivity index (χ2v) is 12.9. The molecule has 5 aromatic rings. The number of phenolic OH excluding ortho intramolecular Hbond substituents is 1. The molecule has 5 rings (SSSR count). The Hall–Kier alpha value is -5.11. The van der Waals surface area contributed by atoms with E-state index in [9.17, 15) is 31.3 Å². The van der Waals surface area contributed by atoms with Gasteiger partial charge in [0.1, 0.15) is 22.0 Å². The minimum Gasteiger partial charge on any atom is -0.507 e. The smallest absolute Gasteiger partial charge is 0.294 e. The van der Waals surface area contributed by atoms with Crippen LogP contribution in [-0.2, 0) is 20.0 Å². The molecule has 0 unspecified atom stereocenters. The summed E-state index contributed by atoms with van der Waals surface area (Å²) in [4.78, 5) is 12.0. The van der Waals surface area contributed by atoms with Gasteiger partial charge < -0.3 is 16.2 Å². The average Bonchev–Trinajstić information content (AvgIpc) is 2.97. The van der Waals surface area contributed by atoms with Crippen molar-refractivity contribution in [3.05, 3.63) is 108 Å². The fraction of sp³-hybridized carbons (Fsp3) is 0.0333. The number of nitrogen functional groups attached to an aromatic ring is 1. The van der Waals surface area contributed by atoms with Crippen LogP contribution in [0.4, 0.5) is 22.7 Å². The van der Waals surface area contributed by atoms with Crippen molar-refractivity contribution < 1.29 is 31.3 Å². The van der Waals surface area contributed by atoms with Crippen LogP contribution >= 0.6 is 0 Å².